The number of hydrogen-bond donors (Lipinski definition) is 10. The van der Waals surface area contributed by atoms with E-state index in [-0.39, 0.29) is 31.3 Å². The van der Waals surface area contributed by atoms with E-state index >= 15 is 0 Å². The molecule has 18 heteroatoms. The Labute approximate surface area is 236 Å². The number of aliphatic carboxylic acids is 2. The Kier molecular flexibility index (Phi) is 16.7. The van der Waals surface area contributed by atoms with Crippen molar-refractivity contribution >= 4 is 47.4 Å². The highest BCUT2D eigenvalue weighted by atomic mass is 16.4. The van der Waals surface area contributed by atoms with Gasteiger partial charge in [-0.25, -0.2) is 4.79 Å². The number of nitrogens with one attached hydrogen (secondary N) is 4. The number of nitrogens with two attached hydrogens (primary N) is 4. The van der Waals surface area contributed by atoms with Gasteiger partial charge < -0.3 is 54.4 Å². The second-order valence-electron chi connectivity index (χ2n) is 9.26. The number of guanidine groups is 1. The van der Waals surface area contributed by atoms with E-state index in [1.54, 1.807) is 6.92 Å². The van der Waals surface area contributed by atoms with E-state index in [0.717, 1.165) is 0 Å². The third-order valence-electron chi connectivity index (χ3n) is 5.88. The first-order valence-corrected chi connectivity index (χ1v) is 12.8. The van der Waals surface area contributed by atoms with Crippen molar-refractivity contribution in [1.82, 2.24) is 21.3 Å². The molecule has 232 valence electrons. The third-order valence-corrected chi connectivity index (χ3v) is 5.88. The fraction of sp³-hybridized carbons (Fsp3) is 0.652. The van der Waals surface area contributed by atoms with Crippen molar-refractivity contribution in [3.63, 3.8) is 0 Å². The molecule has 18 nitrogen and oxygen atoms in total. The lowest BCUT2D eigenvalue weighted by Crippen LogP contribution is -2.56. The summed E-state index contributed by atoms with van der Waals surface area (Å²) in [4.78, 5) is 87.8. The first kappa shape index (κ1) is 36.5. The molecule has 0 fully saturated rings. The smallest absolute Gasteiger partial charge is 0.326 e. The normalized spacial score (nSPS) is 14.2. The summed E-state index contributed by atoms with van der Waals surface area (Å²) in [5.41, 5.74) is 21.6. The summed E-state index contributed by atoms with van der Waals surface area (Å²) in [5.74, 6) is -7.56. The van der Waals surface area contributed by atoms with Crippen LogP contribution in [-0.2, 0) is 33.6 Å². The maximum absolute atomic E-state index is 12.8. The lowest BCUT2D eigenvalue weighted by molar-refractivity contribution is -0.143. The van der Waals surface area contributed by atoms with Gasteiger partial charge in [0.25, 0.3) is 0 Å². The van der Waals surface area contributed by atoms with Gasteiger partial charge in [0.05, 0.1) is 19.0 Å². The number of primary amides is 1. The van der Waals surface area contributed by atoms with E-state index < -0.39 is 91.4 Å². The van der Waals surface area contributed by atoms with Crippen molar-refractivity contribution in [2.45, 2.75) is 76.5 Å². The molecule has 5 amide bonds. The lowest BCUT2D eigenvalue weighted by atomic mass is 9.98. The molecule has 41 heavy (non-hydrogen) atoms. The number of amides is 5. The second-order valence-corrected chi connectivity index (χ2v) is 9.26. The zero-order valence-electron chi connectivity index (χ0n) is 23.1. The van der Waals surface area contributed by atoms with Crippen LogP contribution in [0.25, 0.3) is 0 Å². The predicted molar refractivity (Wildman–Crippen MR) is 144 cm³/mol. The Hall–Kier alpha value is -4.48. The van der Waals surface area contributed by atoms with Crippen LogP contribution in [0.3, 0.4) is 0 Å². The third kappa shape index (κ3) is 15.6. The van der Waals surface area contributed by atoms with Crippen molar-refractivity contribution < 1.29 is 43.8 Å². The highest BCUT2D eigenvalue weighted by Crippen LogP contribution is 2.07. The van der Waals surface area contributed by atoms with Gasteiger partial charge in [-0.15, -0.1) is 0 Å². The number of hydrogen-bond acceptors (Lipinski definition) is 9. The molecule has 0 radical (unpaired) electrons. The quantitative estimate of drug-likeness (QED) is 0.0368. The number of nitrogens with zero attached hydrogens (tertiary/aromatic N) is 1. The van der Waals surface area contributed by atoms with Gasteiger partial charge in [-0.05, 0) is 25.2 Å². The average molecular weight is 588 g/mol. The summed E-state index contributed by atoms with van der Waals surface area (Å²) in [7, 11) is 0. The summed E-state index contributed by atoms with van der Waals surface area (Å²) in [6.45, 7) is 3.08. The first-order valence-electron chi connectivity index (χ1n) is 12.8. The molecule has 0 aromatic heterocycles. The topological polar surface area (TPSA) is 325 Å². The number of carbonyl (C=O) groups excluding carboxylic acids is 5. The summed E-state index contributed by atoms with van der Waals surface area (Å²) in [6, 6.07) is -5.24. The molecule has 0 aromatic carbocycles. The van der Waals surface area contributed by atoms with Gasteiger partial charge in [0.2, 0.25) is 29.5 Å². The molecule has 0 aromatic rings. The van der Waals surface area contributed by atoms with Crippen molar-refractivity contribution in [3.05, 3.63) is 0 Å². The molecule has 0 saturated carbocycles. The van der Waals surface area contributed by atoms with E-state index in [1.807, 2.05) is 12.2 Å². The molecule has 0 aliphatic rings. The van der Waals surface area contributed by atoms with Crippen LogP contribution in [0.4, 0.5) is 0 Å². The number of carbonyl (C=O) groups is 7. The minimum Gasteiger partial charge on any atom is -0.481 e. The molecule has 0 rings (SSSR count). The molecule has 0 saturated heterocycles. The van der Waals surface area contributed by atoms with Gasteiger partial charge in [0, 0.05) is 13.0 Å². The summed E-state index contributed by atoms with van der Waals surface area (Å²) in [6.07, 6.45) is -0.753. The van der Waals surface area contributed by atoms with E-state index in [4.69, 9.17) is 28.0 Å². The zero-order chi connectivity index (χ0) is 31.7. The molecule has 14 N–H and O–H groups in total. The van der Waals surface area contributed by atoms with Gasteiger partial charge >= 0.3 is 11.9 Å². The number of carboxylic acids is 2. The maximum atomic E-state index is 12.8. The van der Waals surface area contributed by atoms with Crippen molar-refractivity contribution in [2.24, 2.45) is 33.8 Å². The van der Waals surface area contributed by atoms with Crippen molar-refractivity contribution in [2.75, 3.05) is 13.1 Å². The Morgan fingerprint density at radius 2 is 1.44 bits per heavy atom. The minimum atomic E-state index is -1.62. The largest absolute Gasteiger partial charge is 0.481 e. The molecule has 0 spiro atoms. The van der Waals surface area contributed by atoms with Crippen molar-refractivity contribution in [3.8, 4) is 0 Å². The first-order chi connectivity index (χ1) is 19.1. The summed E-state index contributed by atoms with van der Waals surface area (Å²) >= 11 is 0. The van der Waals surface area contributed by atoms with Crippen molar-refractivity contribution in [1.29, 1.82) is 0 Å². The highest BCUT2D eigenvalue weighted by Gasteiger charge is 2.29. The second kappa shape index (κ2) is 18.7. The monoisotopic (exact) mass is 587 g/mol. The predicted octanol–water partition coefficient (Wildman–Crippen LogP) is -4.19. The number of carboxylic acid groups (broad SMARTS) is 2. The molecule has 0 aliphatic heterocycles. The summed E-state index contributed by atoms with van der Waals surface area (Å²) < 4.78 is 0. The number of rotatable bonds is 20. The average Bonchev–Trinajstić information content (AvgIpc) is 2.88. The Morgan fingerprint density at radius 3 is 1.95 bits per heavy atom. The van der Waals surface area contributed by atoms with Gasteiger partial charge in [0.1, 0.15) is 18.1 Å². The fourth-order valence-electron chi connectivity index (χ4n) is 3.30. The summed E-state index contributed by atoms with van der Waals surface area (Å²) in [5, 5.41) is 27.1. The molecular formula is C23H41N9O9. The maximum Gasteiger partial charge on any atom is 0.326 e. The standard InChI is InChI=1S/C23H41N9O9/c1-3-11(2)18(25)21(39)31-12(5-4-8-28-23(26)27)19(37)29-10-16(34)30-14(9-15(24)33)20(38)32-13(22(40)41)6-7-17(35)36/h11-14,18H,3-10,25H2,1-2H3,(H2,24,33)(H,29,37)(H,30,34)(H,31,39)(H,32,38)(H,35,36)(H,40,41)(H4,26,27,28)/t11-,12+,13+,14+,18-/m0/s1. The number of aliphatic imine (C=N–C) groups is 1. The van der Waals surface area contributed by atoms with Gasteiger partial charge in [0.15, 0.2) is 5.96 Å². The zero-order valence-corrected chi connectivity index (χ0v) is 23.1. The molecular weight excluding hydrogens is 546 g/mol. The van der Waals surface area contributed by atoms with Crippen LogP contribution in [0.2, 0.25) is 0 Å². The minimum absolute atomic E-state index is 0.0861. The van der Waals surface area contributed by atoms with Crippen LogP contribution in [0, 0.1) is 5.92 Å². The van der Waals surface area contributed by atoms with E-state index in [0.29, 0.717) is 6.42 Å². The Bertz CT molecular complexity index is 986. The molecule has 0 heterocycles. The highest BCUT2D eigenvalue weighted by molar-refractivity contribution is 5.95. The van der Waals surface area contributed by atoms with Crippen LogP contribution >= 0.6 is 0 Å². The molecule has 5 atom stereocenters. The Balaban J connectivity index is 5.38. The molecule has 0 unspecified atom stereocenters. The van der Waals surface area contributed by atoms with E-state index in [1.165, 1.54) is 0 Å². The van der Waals surface area contributed by atoms with E-state index in [9.17, 15) is 38.7 Å². The lowest BCUT2D eigenvalue weighted by Gasteiger charge is -2.23. The fourth-order valence-corrected chi connectivity index (χ4v) is 3.30. The SMILES string of the molecule is CC[C@H](C)[C@H](N)C(=O)N[C@H](CCCN=C(N)N)C(=O)NCC(=O)N[C@H](CC(N)=O)C(=O)N[C@H](CCC(=O)O)C(=O)O. The van der Waals surface area contributed by atoms with Gasteiger partial charge in [-0.1, -0.05) is 20.3 Å². The van der Waals surface area contributed by atoms with Crippen LogP contribution in [0.15, 0.2) is 4.99 Å². The molecule has 0 aliphatic carbocycles. The van der Waals surface area contributed by atoms with Crippen LogP contribution in [-0.4, -0.2) is 94.9 Å². The van der Waals surface area contributed by atoms with Crippen LogP contribution in [0.1, 0.15) is 52.4 Å². The van der Waals surface area contributed by atoms with Gasteiger partial charge in [-0.2, -0.15) is 0 Å². The van der Waals surface area contributed by atoms with E-state index in [2.05, 4.69) is 20.9 Å². The Morgan fingerprint density at radius 1 is 0.829 bits per heavy atom. The molecule has 0 bridgehead atoms. The van der Waals surface area contributed by atoms with Crippen LogP contribution < -0.4 is 44.2 Å². The van der Waals surface area contributed by atoms with Crippen LogP contribution in [0.5, 0.6) is 0 Å². The van der Waals surface area contributed by atoms with Gasteiger partial charge in [-0.3, -0.25) is 33.8 Å².